The van der Waals surface area contributed by atoms with E-state index in [1.165, 1.54) is 0 Å². The van der Waals surface area contributed by atoms with Crippen LogP contribution in [0.1, 0.15) is 38.2 Å². The standard InChI is InChI=1S/C18H28N4O2S/c1-14-12-16(14)21-18(19-2)20-13-15-8-4-5-9-17(15)25(23,24)22-10-6-3-7-11-22/h4-5,8-9,14,16H,3,6-7,10-13H2,1-2H3,(H2,19,20,21). The van der Waals surface area contributed by atoms with E-state index >= 15 is 0 Å². The first-order valence-electron chi connectivity index (χ1n) is 9.07. The molecule has 1 saturated heterocycles. The number of rotatable bonds is 5. The number of guanidine groups is 1. The van der Waals surface area contributed by atoms with Crippen LogP contribution in [0, 0.1) is 5.92 Å². The van der Waals surface area contributed by atoms with Gasteiger partial charge in [-0.25, -0.2) is 8.42 Å². The van der Waals surface area contributed by atoms with E-state index in [1.807, 2.05) is 12.1 Å². The van der Waals surface area contributed by atoms with Crippen LogP contribution in [0.2, 0.25) is 0 Å². The summed E-state index contributed by atoms with van der Waals surface area (Å²) in [5.41, 5.74) is 0.778. The van der Waals surface area contributed by atoms with Gasteiger partial charge in [-0.05, 0) is 36.8 Å². The van der Waals surface area contributed by atoms with Gasteiger partial charge in [0.05, 0.1) is 4.90 Å². The minimum Gasteiger partial charge on any atom is -0.353 e. The third-order valence-electron chi connectivity index (χ3n) is 5.01. The Morgan fingerprint density at radius 2 is 1.92 bits per heavy atom. The molecule has 2 aliphatic rings. The molecule has 0 radical (unpaired) electrons. The lowest BCUT2D eigenvalue weighted by Gasteiger charge is -2.27. The number of aliphatic imine (C=N–C) groups is 1. The molecule has 138 valence electrons. The van der Waals surface area contributed by atoms with E-state index in [4.69, 9.17) is 0 Å². The Kier molecular flexibility index (Phi) is 5.64. The Morgan fingerprint density at radius 3 is 2.56 bits per heavy atom. The predicted octanol–water partition coefficient (Wildman–Crippen LogP) is 1.93. The van der Waals surface area contributed by atoms with Gasteiger partial charge in [-0.15, -0.1) is 0 Å². The summed E-state index contributed by atoms with van der Waals surface area (Å²) in [5, 5.41) is 6.61. The zero-order valence-electron chi connectivity index (χ0n) is 15.0. The second-order valence-electron chi connectivity index (χ2n) is 6.96. The molecule has 0 spiro atoms. The zero-order valence-corrected chi connectivity index (χ0v) is 15.8. The lowest BCUT2D eigenvalue weighted by Crippen LogP contribution is -2.39. The van der Waals surface area contributed by atoms with E-state index in [1.54, 1.807) is 23.5 Å². The smallest absolute Gasteiger partial charge is 0.243 e. The molecule has 0 aromatic heterocycles. The first-order valence-corrected chi connectivity index (χ1v) is 10.5. The highest BCUT2D eigenvalue weighted by Crippen LogP contribution is 2.28. The Hall–Kier alpha value is -1.60. The molecule has 6 nitrogen and oxygen atoms in total. The van der Waals surface area contributed by atoms with Crippen molar-refractivity contribution in [3.63, 3.8) is 0 Å². The van der Waals surface area contributed by atoms with Gasteiger partial charge in [-0.1, -0.05) is 31.5 Å². The number of nitrogens with one attached hydrogen (secondary N) is 2. The van der Waals surface area contributed by atoms with Gasteiger partial charge in [-0.2, -0.15) is 4.31 Å². The Bertz CT molecular complexity index is 726. The molecule has 2 N–H and O–H groups in total. The molecule has 1 saturated carbocycles. The van der Waals surface area contributed by atoms with Gasteiger partial charge in [0.15, 0.2) is 5.96 Å². The molecule has 3 rings (SSSR count). The summed E-state index contributed by atoms with van der Waals surface area (Å²) in [4.78, 5) is 4.64. The predicted molar refractivity (Wildman–Crippen MR) is 100.0 cm³/mol. The van der Waals surface area contributed by atoms with Crippen LogP contribution in [0.25, 0.3) is 0 Å². The summed E-state index contributed by atoms with van der Waals surface area (Å²) in [6.07, 6.45) is 4.14. The molecule has 1 aliphatic carbocycles. The lowest BCUT2D eigenvalue weighted by molar-refractivity contribution is 0.346. The lowest BCUT2D eigenvalue weighted by atomic mass is 10.2. The van der Waals surface area contributed by atoms with Crippen molar-refractivity contribution in [2.24, 2.45) is 10.9 Å². The maximum Gasteiger partial charge on any atom is 0.243 e. The fraction of sp³-hybridized carbons (Fsp3) is 0.611. The van der Waals surface area contributed by atoms with Crippen LogP contribution in [0.4, 0.5) is 0 Å². The highest BCUT2D eigenvalue weighted by atomic mass is 32.2. The third kappa shape index (κ3) is 4.33. The fourth-order valence-electron chi connectivity index (χ4n) is 3.22. The second-order valence-corrected chi connectivity index (χ2v) is 8.87. The number of hydrogen-bond donors (Lipinski definition) is 2. The molecule has 2 atom stereocenters. The van der Waals surface area contributed by atoms with E-state index in [2.05, 4.69) is 22.5 Å². The molecular formula is C18H28N4O2S. The molecule has 1 aromatic carbocycles. The largest absolute Gasteiger partial charge is 0.353 e. The molecule has 2 unspecified atom stereocenters. The van der Waals surface area contributed by atoms with Gasteiger partial charge in [-0.3, -0.25) is 4.99 Å². The maximum atomic E-state index is 13.0. The quantitative estimate of drug-likeness (QED) is 0.618. The van der Waals surface area contributed by atoms with E-state index in [0.29, 0.717) is 36.5 Å². The number of sulfonamides is 1. The van der Waals surface area contributed by atoms with Gasteiger partial charge >= 0.3 is 0 Å². The fourth-order valence-corrected chi connectivity index (χ4v) is 4.96. The summed E-state index contributed by atoms with van der Waals surface area (Å²) < 4.78 is 27.6. The summed E-state index contributed by atoms with van der Waals surface area (Å²) in [6.45, 7) is 3.87. The van der Waals surface area contributed by atoms with E-state index < -0.39 is 10.0 Å². The molecule has 1 aliphatic heterocycles. The Morgan fingerprint density at radius 1 is 1.24 bits per heavy atom. The van der Waals surface area contributed by atoms with Crippen molar-refractivity contribution in [3.05, 3.63) is 29.8 Å². The molecule has 7 heteroatoms. The first kappa shape index (κ1) is 18.2. The zero-order chi connectivity index (χ0) is 17.9. The van der Waals surface area contributed by atoms with Crippen LogP contribution in [-0.2, 0) is 16.6 Å². The second kappa shape index (κ2) is 7.74. The van der Waals surface area contributed by atoms with Crippen molar-refractivity contribution >= 4 is 16.0 Å². The van der Waals surface area contributed by atoms with Crippen molar-refractivity contribution in [1.29, 1.82) is 0 Å². The highest BCUT2D eigenvalue weighted by molar-refractivity contribution is 7.89. The summed E-state index contributed by atoms with van der Waals surface area (Å²) in [6, 6.07) is 7.72. The minimum atomic E-state index is -3.43. The Labute approximate surface area is 150 Å². The number of hydrogen-bond acceptors (Lipinski definition) is 3. The molecule has 1 heterocycles. The van der Waals surface area contributed by atoms with Crippen molar-refractivity contribution in [1.82, 2.24) is 14.9 Å². The molecule has 0 bridgehead atoms. The van der Waals surface area contributed by atoms with Gasteiger partial charge in [0.1, 0.15) is 0 Å². The van der Waals surface area contributed by atoms with E-state index in [-0.39, 0.29) is 0 Å². The molecular weight excluding hydrogens is 336 g/mol. The van der Waals surface area contributed by atoms with Gasteiger partial charge in [0.2, 0.25) is 10.0 Å². The normalized spacial score (nSPS) is 24.8. The van der Waals surface area contributed by atoms with E-state index in [0.717, 1.165) is 37.2 Å². The first-order chi connectivity index (χ1) is 12.0. The number of benzene rings is 1. The third-order valence-corrected chi connectivity index (χ3v) is 7.01. The topological polar surface area (TPSA) is 73.8 Å². The number of nitrogens with zero attached hydrogens (tertiary/aromatic N) is 2. The highest BCUT2D eigenvalue weighted by Gasteiger charge is 2.33. The van der Waals surface area contributed by atoms with Crippen LogP contribution in [0.15, 0.2) is 34.2 Å². The molecule has 25 heavy (non-hydrogen) atoms. The summed E-state index contributed by atoms with van der Waals surface area (Å²) >= 11 is 0. The SMILES string of the molecule is CN=C(NCc1ccccc1S(=O)(=O)N1CCCCC1)NC1CC1C. The maximum absolute atomic E-state index is 13.0. The van der Waals surface area contributed by atoms with Gasteiger partial charge in [0, 0.05) is 32.7 Å². The van der Waals surface area contributed by atoms with Crippen molar-refractivity contribution in [2.45, 2.75) is 50.1 Å². The monoisotopic (exact) mass is 364 g/mol. The summed E-state index contributed by atoms with van der Waals surface area (Å²) in [7, 11) is -1.70. The van der Waals surface area contributed by atoms with Crippen LogP contribution in [0.3, 0.4) is 0 Å². The average Bonchev–Trinajstić information content (AvgIpc) is 3.34. The van der Waals surface area contributed by atoms with Gasteiger partial charge < -0.3 is 10.6 Å². The molecule has 2 fully saturated rings. The Balaban J connectivity index is 1.72. The van der Waals surface area contributed by atoms with Crippen LogP contribution in [-0.4, -0.2) is 44.9 Å². The van der Waals surface area contributed by atoms with Gasteiger partial charge in [0.25, 0.3) is 0 Å². The van der Waals surface area contributed by atoms with Crippen LogP contribution < -0.4 is 10.6 Å². The minimum absolute atomic E-state index is 0.402. The van der Waals surface area contributed by atoms with Crippen molar-refractivity contribution in [2.75, 3.05) is 20.1 Å². The van der Waals surface area contributed by atoms with Crippen molar-refractivity contribution < 1.29 is 8.42 Å². The average molecular weight is 365 g/mol. The van der Waals surface area contributed by atoms with Crippen molar-refractivity contribution in [3.8, 4) is 0 Å². The van der Waals surface area contributed by atoms with Crippen LogP contribution >= 0.6 is 0 Å². The molecule has 1 aromatic rings. The van der Waals surface area contributed by atoms with Crippen LogP contribution in [0.5, 0.6) is 0 Å². The molecule has 0 amide bonds. The van der Waals surface area contributed by atoms with E-state index in [9.17, 15) is 8.42 Å². The summed E-state index contributed by atoms with van der Waals surface area (Å²) in [5.74, 6) is 1.39. The number of piperidine rings is 1.